The molecule has 1 fully saturated rings. The molecule has 0 aliphatic carbocycles. The molecule has 0 radical (unpaired) electrons. The van der Waals surface area contributed by atoms with Crippen LogP contribution in [0.2, 0.25) is 0 Å². The van der Waals surface area contributed by atoms with E-state index in [4.69, 9.17) is 10.2 Å². The minimum Gasteiger partial charge on any atom is -0.457 e. The summed E-state index contributed by atoms with van der Waals surface area (Å²) in [4.78, 5) is 12.6. The van der Waals surface area contributed by atoms with E-state index in [1.54, 1.807) is 6.07 Å². The number of hydrogen-bond donors (Lipinski definition) is 1. The molecule has 1 aromatic heterocycles. The summed E-state index contributed by atoms with van der Waals surface area (Å²) in [7, 11) is 0. The lowest BCUT2D eigenvalue weighted by Gasteiger charge is -2.12. The maximum atomic E-state index is 10.4. The normalized spacial score (nSPS) is 22.8. The zero-order valence-corrected chi connectivity index (χ0v) is 7.98. The second-order valence-corrected chi connectivity index (χ2v) is 3.71. The summed E-state index contributed by atoms with van der Waals surface area (Å²) in [6.45, 7) is 2.68. The van der Waals surface area contributed by atoms with E-state index in [1.165, 1.54) is 0 Å². The first-order valence-corrected chi connectivity index (χ1v) is 4.80. The third-order valence-corrected chi connectivity index (χ3v) is 2.49. The highest BCUT2D eigenvalue weighted by Crippen LogP contribution is 2.13. The molecule has 4 heteroatoms. The van der Waals surface area contributed by atoms with Crippen LogP contribution in [0.3, 0.4) is 0 Å². The first kappa shape index (κ1) is 9.43. The number of furan rings is 1. The van der Waals surface area contributed by atoms with Crippen LogP contribution in [0.5, 0.6) is 0 Å². The van der Waals surface area contributed by atoms with Gasteiger partial charge in [0, 0.05) is 19.1 Å². The molecule has 0 spiro atoms. The number of carbonyl (C=O) groups excluding carboxylic acids is 1. The van der Waals surface area contributed by atoms with Gasteiger partial charge in [0.05, 0.1) is 6.54 Å². The SMILES string of the molecule is NC1CCN(Cc2ccc(C=O)o2)C1. The lowest BCUT2D eigenvalue weighted by Crippen LogP contribution is -2.26. The average Bonchev–Trinajstić information content (AvgIpc) is 2.76. The van der Waals surface area contributed by atoms with E-state index in [9.17, 15) is 4.79 Å². The summed E-state index contributed by atoms with van der Waals surface area (Å²) in [6.07, 6.45) is 1.76. The van der Waals surface area contributed by atoms with E-state index in [-0.39, 0.29) is 6.04 Å². The molecular weight excluding hydrogens is 180 g/mol. The Labute approximate surface area is 82.7 Å². The minimum atomic E-state index is 0.288. The molecule has 1 atom stereocenters. The van der Waals surface area contributed by atoms with Crippen LogP contribution < -0.4 is 5.73 Å². The molecule has 1 aliphatic rings. The van der Waals surface area contributed by atoms with Crippen LogP contribution in [0.4, 0.5) is 0 Å². The van der Waals surface area contributed by atoms with Gasteiger partial charge in [-0.2, -0.15) is 0 Å². The summed E-state index contributed by atoms with van der Waals surface area (Å²) >= 11 is 0. The van der Waals surface area contributed by atoms with Gasteiger partial charge in [-0.25, -0.2) is 0 Å². The lowest BCUT2D eigenvalue weighted by atomic mass is 10.3. The van der Waals surface area contributed by atoms with Crippen LogP contribution >= 0.6 is 0 Å². The van der Waals surface area contributed by atoms with Crippen molar-refractivity contribution in [3.05, 3.63) is 23.7 Å². The molecule has 4 nitrogen and oxygen atoms in total. The van der Waals surface area contributed by atoms with Crippen LogP contribution in [-0.4, -0.2) is 30.3 Å². The molecule has 0 bridgehead atoms. The van der Waals surface area contributed by atoms with Crippen molar-refractivity contribution in [2.24, 2.45) is 5.73 Å². The predicted octanol–water partition coefficient (Wildman–Crippen LogP) is 0.625. The fourth-order valence-electron chi connectivity index (χ4n) is 1.77. The predicted molar refractivity (Wildman–Crippen MR) is 52.0 cm³/mol. The molecular formula is C10H14N2O2. The standard InChI is InChI=1S/C10H14N2O2/c11-8-3-4-12(5-8)6-9-1-2-10(7-13)14-9/h1-2,7-8H,3-6,11H2. The molecule has 1 saturated heterocycles. The maximum absolute atomic E-state index is 10.4. The maximum Gasteiger partial charge on any atom is 0.185 e. The van der Waals surface area contributed by atoms with Crippen LogP contribution in [0, 0.1) is 0 Å². The van der Waals surface area contributed by atoms with Crippen molar-refractivity contribution >= 4 is 6.29 Å². The van der Waals surface area contributed by atoms with E-state index >= 15 is 0 Å². The van der Waals surface area contributed by atoms with Gasteiger partial charge in [0.25, 0.3) is 0 Å². The summed E-state index contributed by atoms with van der Waals surface area (Å²) in [5, 5.41) is 0. The number of aldehydes is 1. The van der Waals surface area contributed by atoms with Crippen LogP contribution in [-0.2, 0) is 6.54 Å². The second-order valence-electron chi connectivity index (χ2n) is 3.71. The van der Waals surface area contributed by atoms with Gasteiger partial charge in [-0.05, 0) is 18.6 Å². The Morgan fingerprint density at radius 1 is 1.64 bits per heavy atom. The summed E-state index contributed by atoms with van der Waals surface area (Å²) in [5.41, 5.74) is 5.78. The molecule has 2 N–H and O–H groups in total. The highest BCUT2D eigenvalue weighted by molar-refractivity contribution is 5.70. The van der Waals surface area contributed by atoms with Crippen molar-refractivity contribution in [3.8, 4) is 0 Å². The molecule has 76 valence electrons. The largest absolute Gasteiger partial charge is 0.457 e. The van der Waals surface area contributed by atoms with Gasteiger partial charge in [-0.15, -0.1) is 0 Å². The molecule has 0 saturated carbocycles. The quantitative estimate of drug-likeness (QED) is 0.717. The minimum absolute atomic E-state index is 0.288. The van der Waals surface area contributed by atoms with E-state index < -0.39 is 0 Å². The highest BCUT2D eigenvalue weighted by atomic mass is 16.3. The van der Waals surface area contributed by atoms with E-state index in [2.05, 4.69) is 4.90 Å². The highest BCUT2D eigenvalue weighted by Gasteiger charge is 2.19. The number of likely N-dealkylation sites (tertiary alicyclic amines) is 1. The number of hydrogen-bond acceptors (Lipinski definition) is 4. The number of nitrogens with zero attached hydrogens (tertiary/aromatic N) is 1. The lowest BCUT2D eigenvalue weighted by molar-refractivity contribution is 0.109. The van der Waals surface area contributed by atoms with Crippen molar-refractivity contribution in [2.75, 3.05) is 13.1 Å². The number of carbonyl (C=O) groups is 1. The van der Waals surface area contributed by atoms with Crippen molar-refractivity contribution in [1.29, 1.82) is 0 Å². The van der Waals surface area contributed by atoms with Gasteiger partial charge in [-0.1, -0.05) is 0 Å². The van der Waals surface area contributed by atoms with E-state index in [0.29, 0.717) is 5.76 Å². The zero-order chi connectivity index (χ0) is 9.97. The van der Waals surface area contributed by atoms with Crippen LogP contribution in [0.1, 0.15) is 22.7 Å². The topological polar surface area (TPSA) is 59.5 Å². The molecule has 2 rings (SSSR count). The van der Waals surface area contributed by atoms with Crippen molar-refractivity contribution in [2.45, 2.75) is 19.0 Å². The second kappa shape index (κ2) is 3.94. The van der Waals surface area contributed by atoms with Crippen LogP contribution in [0.25, 0.3) is 0 Å². The molecule has 1 aromatic rings. The third-order valence-electron chi connectivity index (χ3n) is 2.49. The van der Waals surface area contributed by atoms with Gasteiger partial charge < -0.3 is 10.2 Å². The van der Waals surface area contributed by atoms with Gasteiger partial charge >= 0.3 is 0 Å². The monoisotopic (exact) mass is 194 g/mol. The third kappa shape index (κ3) is 2.02. The van der Waals surface area contributed by atoms with E-state index in [0.717, 1.165) is 38.1 Å². The van der Waals surface area contributed by atoms with Crippen molar-refractivity contribution in [3.63, 3.8) is 0 Å². The van der Waals surface area contributed by atoms with E-state index in [1.807, 2.05) is 6.07 Å². The Balaban J connectivity index is 1.93. The van der Waals surface area contributed by atoms with Crippen LogP contribution in [0.15, 0.2) is 16.5 Å². The van der Waals surface area contributed by atoms with Crippen molar-refractivity contribution in [1.82, 2.24) is 4.90 Å². The Hall–Kier alpha value is -1.13. The Morgan fingerprint density at radius 2 is 2.50 bits per heavy atom. The molecule has 0 amide bonds. The average molecular weight is 194 g/mol. The van der Waals surface area contributed by atoms with Gasteiger partial charge in [0.1, 0.15) is 5.76 Å². The van der Waals surface area contributed by atoms with Gasteiger partial charge in [0.2, 0.25) is 0 Å². The Bertz CT molecular complexity index is 322. The summed E-state index contributed by atoms with van der Waals surface area (Å²) in [5.74, 6) is 1.23. The zero-order valence-electron chi connectivity index (χ0n) is 7.98. The first-order chi connectivity index (χ1) is 6.78. The Kier molecular flexibility index (Phi) is 2.65. The van der Waals surface area contributed by atoms with Crippen molar-refractivity contribution < 1.29 is 9.21 Å². The number of nitrogens with two attached hydrogens (primary N) is 1. The molecule has 1 aliphatic heterocycles. The molecule has 2 heterocycles. The Morgan fingerprint density at radius 3 is 3.07 bits per heavy atom. The fourth-order valence-corrected chi connectivity index (χ4v) is 1.77. The molecule has 0 aromatic carbocycles. The molecule has 14 heavy (non-hydrogen) atoms. The number of rotatable bonds is 3. The smallest absolute Gasteiger partial charge is 0.185 e. The van der Waals surface area contributed by atoms with Gasteiger partial charge in [-0.3, -0.25) is 9.69 Å². The fraction of sp³-hybridized carbons (Fsp3) is 0.500. The summed E-state index contributed by atoms with van der Waals surface area (Å²) < 4.78 is 5.28. The summed E-state index contributed by atoms with van der Waals surface area (Å²) in [6, 6.07) is 3.82. The molecule has 1 unspecified atom stereocenters. The van der Waals surface area contributed by atoms with Gasteiger partial charge in [0.15, 0.2) is 12.0 Å². The first-order valence-electron chi connectivity index (χ1n) is 4.80.